The van der Waals surface area contributed by atoms with E-state index in [-0.39, 0.29) is 29.9 Å². The van der Waals surface area contributed by atoms with Crippen LogP contribution in [-0.4, -0.2) is 61.4 Å². The van der Waals surface area contributed by atoms with Gasteiger partial charge in [-0.3, -0.25) is 4.79 Å². The largest absolute Gasteiger partial charge is 0.396 e. The van der Waals surface area contributed by atoms with Crippen molar-refractivity contribution in [2.45, 2.75) is 32.7 Å². The molecule has 2 aliphatic heterocycles. The highest BCUT2D eigenvalue weighted by Gasteiger charge is 2.40. The first-order chi connectivity index (χ1) is 9.04. The normalized spacial score (nSPS) is 27.1. The summed E-state index contributed by atoms with van der Waals surface area (Å²) in [5.41, 5.74) is -0.0655. The van der Waals surface area contributed by atoms with Crippen LogP contribution in [0.2, 0.25) is 0 Å². The molecule has 0 aromatic rings. The van der Waals surface area contributed by atoms with E-state index >= 15 is 0 Å². The van der Waals surface area contributed by atoms with Gasteiger partial charge < -0.3 is 20.1 Å². The van der Waals surface area contributed by atoms with Gasteiger partial charge in [0.1, 0.15) is 0 Å². The number of carbonyl (C=O) groups is 1. The predicted molar refractivity (Wildman–Crippen MR) is 72.8 cm³/mol. The molecule has 0 bridgehead atoms. The smallest absolute Gasteiger partial charge is 0.222 e. The third-order valence-corrected chi connectivity index (χ3v) is 4.09. The van der Waals surface area contributed by atoms with Crippen LogP contribution in [0.3, 0.4) is 0 Å². The van der Waals surface area contributed by atoms with Gasteiger partial charge in [-0.2, -0.15) is 0 Å². The number of amides is 1. The van der Waals surface area contributed by atoms with E-state index in [2.05, 4.69) is 10.2 Å². The topological polar surface area (TPSA) is 61.8 Å². The summed E-state index contributed by atoms with van der Waals surface area (Å²) in [5.74, 6) is 0.176. The maximum atomic E-state index is 11.7. The van der Waals surface area contributed by atoms with E-state index in [0.29, 0.717) is 13.2 Å². The number of likely N-dealkylation sites (tertiary alicyclic amines) is 1. The van der Waals surface area contributed by atoms with Gasteiger partial charge in [0, 0.05) is 25.0 Å². The molecule has 0 aromatic carbocycles. The zero-order valence-electron chi connectivity index (χ0n) is 12.0. The molecule has 0 saturated carbocycles. The molecule has 2 N–H and O–H groups in total. The lowest BCUT2D eigenvalue weighted by Crippen LogP contribution is -2.57. The van der Waals surface area contributed by atoms with E-state index in [1.54, 1.807) is 0 Å². The van der Waals surface area contributed by atoms with Crippen LogP contribution in [0.5, 0.6) is 0 Å². The predicted octanol–water partition coefficient (Wildman–Crippen LogP) is 0.232. The monoisotopic (exact) mass is 270 g/mol. The molecule has 2 heterocycles. The standard InChI is InChI=1S/C14H26N2O3/c1-11(2)13(18)15-12-4-3-5-16(6-12)7-14(8-17)9-19-10-14/h11-12,17H,3-10H2,1-2H3,(H,15,18). The van der Waals surface area contributed by atoms with Crippen LogP contribution >= 0.6 is 0 Å². The van der Waals surface area contributed by atoms with Crippen LogP contribution in [0.1, 0.15) is 26.7 Å². The molecule has 1 amide bonds. The molecule has 0 radical (unpaired) electrons. The van der Waals surface area contributed by atoms with Crippen molar-refractivity contribution in [3.05, 3.63) is 0 Å². The summed E-state index contributed by atoms with van der Waals surface area (Å²) in [4.78, 5) is 14.1. The number of aliphatic hydroxyl groups excluding tert-OH is 1. The third-order valence-electron chi connectivity index (χ3n) is 4.09. The first-order valence-electron chi connectivity index (χ1n) is 7.26. The number of hydrogen-bond acceptors (Lipinski definition) is 4. The molecule has 0 spiro atoms. The summed E-state index contributed by atoms with van der Waals surface area (Å²) in [7, 11) is 0. The van der Waals surface area contributed by atoms with Gasteiger partial charge in [-0.05, 0) is 19.4 Å². The van der Waals surface area contributed by atoms with Crippen molar-refractivity contribution in [1.29, 1.82) is 0 Å². The summed E-state index contributed by atoms with van der Waals surface area (Å²) < 4.78 is 5.24. The number of nitrogens with one attached hydrogen (secondary N) is 1. The number of ether oxygens (including phenoxy) is 1. The molecule has 19 heavy (non-hydrogen) atoms. The highest BCUT2D eigenvalue weighted by atomic mass is 16.5. The van der Waals surface area contributed by atoms with Gasteiger partial charge in [0.15, 0.2) is 0 Å². The lowest BCUT2D eigenvalue weighted by molar-refractivity contribution is -0.150. The van der Waals surface area contributed by atoms with Crippen LogP contribution in [0.15, 0.2) is 0 Å². The van der Waals surface area contributed by atoms with Crippen molar-refractivity contribution in [2.24, 2.45) is 11.3 Å². The molecule has 0 aromatic heterocycles. The van der Waals surface area contributed by atoms with Crippen LogP contribution < -0.4 is 5.32 Å². The molecular weight excluding hydrogens is 244 g/mol. The fourth-order valence-corrected chi connectivity index (χ4v) is 2.78. The Balaban J connectivity index is 1.81. The Morgan fingerprint density at radius 3 is 2.79 bits per heavy atom. The second-order valence-electron chi connectivity index (χ2n) is 6.39. The maximum Gasteiger partial charge on any atom is 0.222 e. The lowest BCUT2D eigenvalue weighted by Gasteiger charge is -2.45. The lowest BCUT2D eigenvalue weighted by atomic mass is 9.85. The highest BCUT2D eigenvalue weighted by Crippen LogP contribution is 2.29. The molecule has 2 aliphatic rings. The van der Waals surface area contributed by atoms with Gasteiger partial charge in [0.2, 0.25) is 5.91 Å². The Hall–Kier alpha value is -0.650. The first-order valence-corrected chi connectivity index (χ1v) is 7.26. The zero-order chi connectivity index (χ0) is 13.9. The molecule has 5 heteroatoms. The summed E-state index contributed by atoms with van der Waals surface area (Å²) in [6.45, 7) is 8.15. The van der Waals surface area contributed by atoms with Crippen LogP contribution in [0, 0.1) is 11.3 Å². The van der Waals surface area contributed by atoms with E-state index in [0.717, 1.165) is 32.5 Å². The second-order valence-corrected chi connectivity index (χ2v) is 6.39. The number of hydrogen-bond donors (Lipinski definition) is 2. The number of nitrogens with zero attached hydrogens (tertiary/aromatic N) is 1. The highest BCUT2D eigenvalue weighted by molar-refractivity contribution is 5.78. The van der Waals surface area contributed by atoms with Gasteiger partial charge in [-0.15, -0.1) is 0 Å². The zero-order valence-corrected chi connectivity index (χ0v) is 12.0. The number of aliphatic hydroxyl groups is 1. The molecule has 0 aliphatic carbocycles. The van der Waals surface area contributed by atoms with E-state index < -0.39 is 0 Å². The minimum atomic E-state index is -0.0655. The van der Waals surface area contributed by atoms with E-state index in [4.69, 9.17) is 4.74 Å². The van der Waals surface area contributed by atoms with E-state index in [9.17, 15) is 9.90 Å². The number of piperidine rings is 1. The van der Waals surface area contributed by atoms with Crippen molar-refractivity contribution >= 4 is 5.91 Å². The van der Waals surface area contributed by atoms with Crippen LogP contribution in [0.25, 0.3) is 0 Å². The summed E-state index contributed by atoms with van der Waals surface area (Å²) in [6.07, 6.45) is 2.16. The molecule has 2 rings (SSSR count). The van der Waals surface area contributed by atoms with Gasteiger partial charge in [0.25, 0.3) is 0 Å². The third kappa shape index (κ3) is 3.68. The molecule has 1 atom stereocenters. The van der Waals surface area contributed by atoms with Crippen molar-refractivity contribution < 1.29 is 14.6 Å². The average molecular weight is 270 g/mol. The van der Waals surface area contributed by atoms with Crippen molar-refractivity contribution in [3.8, 4) is 0 Å². The number of carbonyl (C=O) groups excluding carboxylic acids is 1. The fourth-order valence-electron chi connectivity index (χ4n) is 2.78. The molecule has 2 saturated heterocycles. The first kappa shape index (κ1) is 14.8. The van der Waals surface area contributed by atoms with Gasteiger partial charge in [0.05, 0.1) is 25.2 Å². The summed E-state index contributed by atoms with van der Waals surface area (Å²) >= 11 is 0. The van der Waals surface area contributed by atoms with Gasteiger partial charge >= 0.3 is 0 Å². The summed E-state index contributed by atoms with van der Waals surface area (Å²) in [5, 5.41) is 12.6. The van der Waals surface area contributed by atoms with Crippen LogP contribution in [-0.2, 0) is 9.53 Å². The molecular formula is C14H26N2O3. The van der Waals surface area contributed by atoms with E-state index in [1.165, 1.54) is 0 Å². The SMILES string of the molecule is CC(C)C(=O)NC1CCCN(CC2(CO)COC2)C1. The van der Waals surface area contributed by atoms with Gasteiger partial charge in [-0.1, -0.05) is 13.8 Å². The van der Waals surface area contributed by atoms with E-state index in [1.807, 2.05) is 13.8 Å². The van der Waals surface area contributed by atoms with Crippen molar-refractivity contribution in [2.75, 3.05) is 39.5 Å². The molecule has 110 valence electrons. The Kier molecular flexibility index (Phi) is 4.81. The van der Waals surface area contributed by atoms with Crippen molar-refractivity contribution in [1.82, 2.24) is 10.2 Å². The number of rotatable bonds is 5. The van der Waals surface area contributed by atoms with Gasteiger partial charge in [-0.25, -0.2) is 0 Å². The Bertz CT molecular complexity index is 310. The van der Waals surface area contributed by atoms with Crippen molar-refractivity contribution in [3.63, 3.8) is 0 Å². The molecule has 1 unspecified atom stereocenters. The Morgan fingerprint density at radius 1 is 1.53 bits per heavy atom. The van der Waals surface area contributed by atoms with Crippen LogP contribution in [0.4, 0.5) is 0 Å². The average Bonchev–Trinajstić information content (AvgIpc) is 2.34. The quantitative estimate of drug-likeness (QED) is 0.751. The molecule has 5 nitrogen and oxygen atoms in total. The Labute approximate surface area is 115 Å². The minimum absolute atomic E-state index is 0.0409. The maximum absolute atomic E-state index is 11.7. The summed E-state index contributed by atoms with van der Waals surface area (Å²) in [6, 6.07) is 0.250. The minimum Gasteiger partial charge on any atom is -0.396 e. The Morgan fingerprint density at radius 2 is 2.26 bits per heavy atom. The second kappa shape index (κ2) is 6.20. The fraction of sp³-hybridized carbons (Fsp3) is 0.929. The molecule has 2 fully saturated rings.